The number of rotatable bonds is 6. The zero-order chi connectivity index (χ0) is 35.1. The molecule has 0 N–H and O–H groups in total. The summed E-state index contributed by atoms with van der Waals surface area (Å²) in [4.78, 5) is 2.43. The zero-order valence-electron chi connectivity index (χ0n) is 29.2. The van der Waals surface area contributed by atoms with Crippen LogP contribution in [0.3, 0.4) is 0 Å². The first kappa shape index (κ1) is 30.8. The Bertz CT molecular complexity index is 2820. The first-order valence-electron chi connectivity index (χ1n) is 18.3. The lowest BCUT2D eigenvalue weighted by Crippen LogP contribution is -2.10. The lowest BCUT2D eigenvalue weighted by Gasteiger charge is -2.28. The van der Waals surface area contributed by atoms with Crippen LogP contribution in [0.4, 0.5) is 17.1 Å². The van der Waals surface area contributed by atoms with Crippen LogP contribution in [-0.2, 0) is 0 Å². The van der Waals surface area contributed by atoms with E-state index in [1.54, 1.807) is 0 Å². The number of fused-ring (bicyclic) bond motifs is 6. The van der Waals surface area contributed by atoms with Crippen LogP contribution in [0.25, 0.3) is 76.5 Å². The van der Waals surface area contributed by atoms with E-state index in [4.69, 9.17) is 0 Å². The molecule has 10 aromatic carbocycles. The highest BCUT2D eigenvalue weighted by Crippen LogP contribution is 2.46. The Morgan fingerprint density at radius 1 is 0.264 bits per heavy atom. The highest BCUT2D eigenvalue weighted by molar-refractivity contribution is 6.26. The minimum Gasteiger partial charge on any atom is -0.310 e. The second-order valence-electron chi connectivity index (χ2n) is 13.7. The standard InChI is InChI=1S/C52H35N/c1-3-14-36(15-4-1)38-26-30-42(31-27-38)53(43-32-28-39(29-33-43)37-16-5-2-6-17-37)51-35-41-34-50(45-25-13-19-40-18-7-8-20-44(40)45)46-21-9-11-23-48(46)52(41)49-24-12-10-22-47(49)51/h1-35H. The Kier molecular flexibility index (Phi) is 7.55. The average molecular weight is 674 g/mol. The van der Waals surface area contributed by atoms with Crippen molar-refractivity contribution in [2.24, 2.45) is 0 Å². The van der Waals surface area contributed by atoms with Crippen molar-refractivity contribution >= 4 is 60.2 Å². The van der Waals surface area contributed by atoms with Crippen molar-refractivity contribution < 1.29 is 0 Å². The molecule has 10 rings (SSSR count). The van der Waals surface area contributed by atoms with Crippen molar-refractivity contribution in [2.75, 3.05) is 4.90 Å². The van der Waals surface area contributed by atoms with Gasteiger partial charge in [-0.1, -0.05) is 176 Å². The molecule has 1 nitrogen and oxygen atoms in total. The van der Waals surface area contributed by atoms with Crippen molar-refractivity contribution in [3.05, 3.63) is 212 Å². The summed E-state index contributed by atoms with van der Waals surface area (Å²) in [6.07, 6.45) is 0. The van der Waals surface area contributed by atoms with Gasteiger partial charge in [0.05, 0.1) is 5.69 Å². The lowest BCUT2D eigenvalue weighted by atomic mass is 9.88. The predicted octanol–water partition coefficient (Wildman–Crippen LogP) is 14.8. The van der Waals surface area contributed by atoms with E-state index < -0.39 is 0 Å². The lowest BCUT2D eigenvalue weighted by molar-refractivity contribution is 1.30. The molecule has 0 heterocycles. The van der Waals surface area contributed by atoms with Gasteiger partial charge in [-0.15, -0.1) is 0 Å². The monoisotopic (exact) mass is 673 g/mol. The van der Waals surface area contributed by atoms with Gasteiger partial charge in [0.2, 0.25) is 0 Å². The van der Waals surface area contributed by atoms with Gasteiger partial charge in [-0.05, 0) is 107 Å². The van der Waals surface area contributed by atoms with Gasteiger partial charge in [0, 0.05) is 16.8 Å². The van der Waals surface area contributed by atoms with Gasteiger partial charge in [-0.2, -0.15) is 0 Å². The van der Waals surface area contributed by atoms with E-state index in [1.165, 1.54) is 76.5 Å². The fourth-order valence-electron chi connectivity index (χ4n) is 8.12. The molecule has 0 aliphatic rings. The summed E-state index contributed by atoms with van der Waals surface area (Å²) in [5.41, 5.74) is 10.7. The number of hydrogen-bond donors (Lipinski definition) is 0. The normalized spacial score (nSPS) is 11.4. The van der Waals surface area contributed by atoms with Gasteiger partial charge < -0.3 is 4.90 Å². The maximum Gasteiger partial charge on any atom is 0.0546 e. The number of benzene rings is 10. The molecular weight excluding hydrogens is 639 g/mol. The molecule has 0 bridgehead atoms. The quantitative estimate of drug-likeness (QED) is 0.159. The molecule has 0 unspecified atom stereocenters. The Labute approximate surface area is 309 Å². The van der Waals surface area contributed by atoms with E-state index in [1.807, 2.05) is 0 Å². The third-order valence-corrected chi connectivity index (χ3v) is 10.6. The van der Waals surface area contributed by atoms with Gasteiger partial charge in [0.15, 0.2) is 0 Å². The van der Waals surface area contributed by atoms with Gasteiger partial charge in [-0.3, -0.25) is 0 Å². The van der Waals surface area contributed by atoms with Crippen LogP contribution >= 0.6 is 0 Å². The maximum absolute atomic E-state index is 2.43. The Hall–Kier alpha value is -6.96. The Balaban J connectivity index is 1.24. The second-order valence-corrected chi connectivity index (χ2v) is 13.7. The fraction of sp³-hybridized carbons (Fsp3) is 0. The smallest absolute Gasteiger partial charge is 0.0546 e. The van der Waals surface area contributed by atoms with Crippen molar-refractivity contribution in [3.63, 3.8) is 0 Å². The molecule has 0 spiro atoms. The fourth-order valence-corrected chi connectivity index (χ4v) is 8.12. The number of hydrogen-bond acceptors (Lipinski definition) is 1. The minimum absolute atomic E-state index is 1.11. The molecule has 0 saturated carbocycles. The molecular formula is C52H35N. The predicted molar refractivity (Wildman–Crippen MR) is 227 cm³/mol. The first-order chi connectivity index (χ1) is 26.3. The molecule has 0 atom stereocenters. The van der Waals surface area contributed by atoms with Gasteiger partial charge in [0.25, 0.3) is 0 Å². The molecule has 0 fully saturated rings. The van der Waals surface area contributed by atoms with E-state index >= 15 is 0 Å². The van der Waals surface area contributed by atoms with Crippen molar-refractivity contribution in [2.45, 2.75) is 0 Å². The molecule has 10 aromatic rings. The summed E-state index contributed by atoms with van der Waals surface area (Å²) < 4.78 is 0. The highest BCUT2D eigenvalue weighted by Gasteiger charge is 2.20. The van der Waals surface area contributed by atoms with Crippen molar-refractivity contribution in [1.82, 2.24) is 0 Å². The summed E-state index contributed by atoms with van der Waals surface area (Å²) in [5, 5.41) is 9.99. The molecule has 248 valence electrons. The first-order valence-corrected chi connectivity index (χ1v) is 18.3. The van der Waals surface area contributed by atoms with Crippen LogP contribution in [0, 0.1) is 0 Å². The van der Waals surface area contributed by atoms with E-state index in [-0.39, 0.29) is 0 Å². The molecule has 0 amide bonds. The third-order valence-electron chi connectivity index (χ3n) is 10.6. The van der Waals surface area contributed by atoms with Crippen LogP contribution in [0.2, 0.25) is 0 Å². The molecule has 0 saturated heterocycles. The number of nitrogens with zero attached hydrogens (tertiary/aromatic N) is 1. The topological polar surface area (TPSA) is 3.24 Å². The minimum atomic E-state index is 1.11. The second kappa shape index (κ2) is 13.0. The van der Waals surface area contributed by atoms with E-state index in [0.717, 1.165) is 17.1 Å². The third kappa shape index (κ3) is 5.42. The maximum atomic E-state index is 2.43. The summed E-state index contributed by atoms with van der Waals surface area (Å²) in [6, 6.07) is 77.2. The van der Waals surface area contributed by atoms with Crippen LogP contribution in [0.15, 0.2) is 212 Å². The van der Waals surface area contributed by atoms with Gasteiger partial charge in [0.1, 0.15) is 0 Å². The Morgan fingerprint density at radius 3 is 1.32 bits per heavy atom. The van der Waals surface area contributed by atoms with Gasteiger partial charge >= 0.3 is 0 Å². The molecule has 0 radical (unpaired) electrons. The van der Waals surface area contributed by atoms with Crippen LogP contribution in [0.5, 0.6) is 0 Å². The summed E-state index contributed by atoms with van der Waals surface area (Å²) in [5.74, 6) is 0. The molecule has 53 heavy (non-hydrogen) atoms. The summed E-state index contributed by atoms with van der Waals surface area (Å²) >= 11 is 0. The van der Waals surface area contributed by atoms with E-state index in [9.17, 15) is 0 Å². The van der Waals surface area contributed by atoms with Crippen molar-refractivity contribution in [3.8, 4) is 33.4 Å². The SMILES string of the molecule is c1ccc(-c2ccc(N(c3ccc(-c4ccccc4)cc3)c3cc4cc(-c5cccc6ccccc56)c5ccccc5c4c4ccccc34)cc2)cc1. The highest BCUT2D eigenvalue weighted by atomic mass is 15.1. The van der Waals surface area contributed by atoms with Crippen molar-refractivity contribution in [1.29, 1.82) is 0 Å². The Morgan fingerprint density at radius 2 is 0.717 bits per heavy atom. The molecule has 1 heteroatoms. The zero-order valence-corrected chi connectivity index (χ0v) is 29.2. The van der Waals surface area contributed by atoms with Gasteiger partial charge in [-0.25, -0.2) is 0 Å². The summed E-state index contributed by atoms with van der Waals surface area (Å²) in [6.45, 7) is 0. The van der Waals surface area contributed by atoms with E-state index in [2.05, 4.69) is 217 Å². The number of anilines is 3. The molecule has 0 aliphatic heterocycles. The molecule has 0 aliphatic carbocycles. The molecule has 0 aromatic heterocycles. The average Bonchev–Trinajstić information content (AvgIpc) is 3.24. The van der Waals surface area contributed by atoms with Crippen LogP contribution in [0.1, 0.15) is 0 Å². The van der Waals surface area contributed by atoms with E-state index in [0.29, 0.717) is 0 Å². The van der Waals surface area contributed by atoms with Crippen LogP contribution in [-0.4, -0.2) is 0 Å². The van der Waals surface area contributed by atoms with Crippen LogP contribution < -0.4 is 4.90 Å². The largest absolute Gasteiger partial charge is 0.310 e. The summed E-state index contributed by atoms with van der Waals surface area (Å²) in [7, 11) is 0.